The van der Waals surface area contributed by atoms with Crippen molar-refractivity contribution in [3.05, 3.63) is 52.6 Å². The first kappa shape index (κ1) is 27.0. The van der Waals surface area contributed by atoms with Crippen LogP contribution in [0.3, 0.4) is 0 Å². The molecule has 5 rings (SSSR count). The molecule has 0 spiro atoms. The van der Waals surface area contributed by atoms with Gasteiger partial charge in [-0.3, -0.25) is 14.3 Å². The Balaban J connectivity index is 0.00000171. The molecule has 0 aliphatic carbocycles. The van der Waals surface area contributed by atoms with Gasteiger partial charge in [0.05, 0.1) is 19.0 Å². The van der Waals surface area contributed by atoms with Crippen molar-refractivity contribution >= 4 is 35.8 Å². The molecule has 35 heavy (non-hydrogen) atoms. The number of ether oxygens (including phenoxy) is 3. The molecule has 0 bridgehead atoms. The largest absolute Gasteiger partial charge is 0.486 e. The normalized spacial score (nSPS) is 15.8. The summed E-state index contributed by atoms with van der Waals surface area (Å²) < 4.78 is 18.2. The number of aromatic nitrogens is 3. The topological polar surface area (TPSA) is 90.7 Å². The van der Waals surface area contributed by atoms with E-state index >= 15 is 0 Å². The number of piperidine rings is 1. The Labute approximate surface area is 216 Å². The molecule has 1 N–H and O–H groups in total. The van der Waals surface area contributed by atoms with Crippen LogP contribution in [0.15, 0.2) is 41.3 Å². The lowest BCUT2D eigenvalue weighted by atomic mass is 10.0. The van der Waals surface area contributed by atoms with E-state index in [2.05, 4.69) is 20.2 Å². The summed E-state index contributed by atoms with van der Waals surface area (Å²) in [6.07, 6.45) is 3.86. The predicted octanol–water partition coefficient (Wildman–Crippen LogP) is 2.67. The summed E-state index contributed by atoms with van der Waals surface area (Å²) in [6, 6.07) is 9.58. The average molecular weight is 524 g/mol. The molecule has 0 radical (unpaired) electrons. The summed E-state index contributed by atoms with van der Waals surface area (Å²) in [5, 5.41) is 4.56. The van der Waals surface area contributed by atoms with E-state index < -0.39 is 0 Å². The van der Waals surface area contributed by atoms with E-state index in [-0.39, 0.29) is 30.4 Å². The number of hydrogen-bond donors (Lipinski definition) is 1. The van der Waals surface area contributed by atoms with E-state index in [4.69, 9.17) is 14.2 Å². The third-order valence-corrected chi connectivity index (χ3v) is 6.30. The van der Waals surface area contributed by atoms with E-state index in [1.54, 1.807) is 23.9 Å². The number of nitrogens with zero attached hydrogens (tertiary/aromatic N) is 4. The van der Waals surface area contributed by atoms with E-state index in [0.29, 0.717) is 43.9 Å². The zero-order valence-electron chi connectivity index (χ0n) is 19.6. The van der Waals surface area contributed by atoms with Gasteiger partial charge < -0.3 is 24.4 Å². The van der Waals surface area contributed by atoms with Gasteiger partial charge in [-0.25, -0.2) is 0 Å². The summed E-state index contributed by atoms with van der Waals surface area (Å²) in [5.41, 5.74) is 1.59. The number of pyridine rings is 3. The molecule has 1 saturated heterocycles. The number of methoxy groups -OCH3 is 1. The first-order chi connectivity index (χ1) is 16.2. The van der Waals surface area contributed by atoms with Crippen LogP contribution in [0.5, 0.6) is 17.4 Å². The number of rotatable bonds is 7. The molecule has 2 aliphatic heterocycles. The zero-order valence-corrected chi connectivity index (χ0v) is 21.3. The molecule has 0 amide bonds. The standard InChI is InChI=1S/C24H29N5O4.2ClH/c1-31-22-4-2-17-3-5-23(30)29(24(17)27-22)11-10-28-8-6-18(7-9-28)25-15-19-14-20-21(16-26-19)33-13-12-32-20;;/h2-5,14,16,18,25H,6-13,15H2,1H3;2*1H. The van der Waals surface area contributed by atoms with Crippen molar-refractivity contribution < 1.29 is 14.2 Å². The number of hydrogen-bond acceptors (Lipinski definition) is 8. The van der Waals surface area contributed by atoms with E-state index in [0.717, 1.165) is 55.1 Å². The van der Waals surface area contributed by atoms with Crippen LogP contribution in [0.2, 0.25) is 0 Å². The Kier molecular flexibility index (Phi) is 9.56. The van der Waals surface area contributed by atoms with Gasteiger partial charge in [-0.15, -0.1) is 24.8 Å². The van der Waals surface area contributed by atoms with Crippen molar-refractivity contribution in [3.63, 3.8) is 0 Å². The SMILES string of the molecule is COc1ccc2ccc(=O)n(CCN3CCC(NCc4cc5c(cn4)OCCO5)CC3)c2n1.Cl.Cl. The predicted molar refractivity (Wildman–Crippen MR) is 139 cm³/mol. The second-order valence-electron chi connectivity index (χ2n) is 8.41. The molecule has 0 atom stereocenters. The monoisotopic (exact) mass is 523 g/mol. The second kappa shape index (κ2) is 12.4. The first-order valence-electron chi connectivity index (χ1n) is 11.4. The van der Waals surface area contributed by atoms with E-state index in [9.17, 15) is 4.79 Å². The summed E-state index contributed by atoms with van der Waals surface area (Å²) in [4.78, 5) is 23.9. The van der Waals surface area contributed by atoms with Crippen LogP contribution in [0.25, 0.3) is 11.0 Å². The highest BCUT2D eigenvalue weighted by Crippen LogP contribution is 2.29. The molecule has 9 nitrogen and oxygen atoms in total. The van der Waals surface area contributed by atoms with Gasteiger partial charge in [0.2, 0.25) is 5.88 Å². The van der Waals surface area contributed by atoms with Crippen LogP contribution in [-0.4, -0.2) is 65.4 Å². The Morgan fingerprint density at radius 2 is 1.80 bits per heavy atom. The lowest BCUT2D eigenvalue weighted by Crippen LogP contribution is -2.43. The van der Waals surface area contributed by atoms with Gasteiger partial charge in [-0.2, -0.15) is 4.98 Å². The van der Waals surface area contributed by atoms with Crippen LogP contribution in [0, 0.1) is 0 Å². The minimum atomic E-state index is -0.0354. The van der Waals surface area contributed by atoms with Gasteiger partial charge in [0.1, 0.15) is 18.9 Å². The molecular weight excluding hydrogens is 493 g/mol. The number of nitrogens with one attached hydrogen (secondary N) is 1. The highest BCUT2D eigenvalue weighted by atomic mass is 35.5. The third-order valence-electron chi connectivity index (χ3n) is 6.30. The highest BCUT2D eigenvalue weighted by Gasteiger charge is 2.20. The molecule has 2 aliphatic rings. The molecule has 190 valence electrons. The van der Waals surface area contributed by atoms with Gasteiger partial charge in [0.15, 0.2) is 11.5 Å². The molecule has 11 heteroatoms. The van der Waals surface area contributed by atoms with Gasteiger partial charge in [-0.05, 0) is 38.1 Å². The van der Waals surface area contributed by atoms with Crippen LogP contribution in [0.1, 0.15) is 18.5 Å². The summed E-state index contributed by atoms with van der Waals surface area (Å²) >= 11 is 0. The second-order valence-corrected chi connectivity index (χ2v) is 8.41. The minimum Gasteiger partial charge on any atom is -0.486 e. The highest BCUT2D eigenvalue weighted by molar-refractivity contribution is 5.85. The fourth-order valence-electron chi connectivity index (χ4n) is 4.41. The van der Waals surface area contributed by atoms with Crippen molar-refractivity contribution in [1.29, 1.82) is 0 Å². The fraction of sp³-hybridized carbons (Fsp3) is 0.458. The Hall–Kier alpha value is -2.59. The van der Waals surface area contributed by atoms with Gasteiger partial charge >= 0.3 is 0 Å². The number of fused-ring (bicyclic) bond motifs is 2. The lowest BCUT2D eigenvalue weighted by molar-refractivity contribution is 0.170. The first-order valence-corrected chi connectivity index (χ1v) is 11.4. The third kappa shape index (κ3) is 6.35. The molecule has 3 aromatic rings. The fourth-order valence-corrected chi connectivity index (χ4v) is 4.41. The maximum absolute atomic E-state index is 12.5. The van der Waals surface area contributed by atoms with Gasteiger partial charge in [0, 0.05) is 49.3 Å². The molecule has 1 fully saturated rings. The summed E-state index contributed by atoms with van der Waals surface area (Å²) in [6.45, 7) is 5.26. The van der Waals surface area contributed by atoms with Crippen molar-refractivity contribution in [2.45, 2.75) is 32.0 Å². The van der Waals surface area contributed by atoms with Gasteiger partial charge in [0.25, 0.3) is 5.56 Å². The van der Waals surface area contributed by atoms with Crippen LogP contribution in [-0.2, 0) is 13.1 Å². The van der Waals surface area contributed by atoms with Crippen molar-refractivity contribution in [2.75, 3.05) is 40.0 Å². The average Bonchev–Trinajstić information content (AvgIpc) is 2.87. The van der Waals surface area contributed by atoms with Crippen molar-refractivity contribution in [1.82, 2.24) is 24.8 Å². The van der Waals surface area contributed by atoms with Crippen LogP contribution in [0.4, 0.5) is 0 Å². The van der Waals surface area contributed by atoms with Crippen molar-refractivity contribution in [3.8, 4) is 17.4 Å². The summed E-state index contributed by atoms with van der Waals surface area (Å²) in [7, 11) is 1.58. The maximum atomic E-state index is 12.5. The Bertz CT molecular complexity index is 1180. The quantitative estimate of drug-likeness (QED) is 0.505. The minimum absolute atomic E-state index is 0. The maximum Gasteiger partial charge on any atom is 0.252 e. The van der Waals surface area contributed by atoms with Crippen molar-refractivity contribution in [2.24, 2.45) is 0 Å². The lowest BCUT2D eigenvalue weighted by Gasteiger charge is -2.32. The molecule has 0 aromatic carbocycles. The molecule has 0 saturated carbocycles. The Morgan fingerprint density at radius 1 is 1.06 bits per heavy atom. The van der Waals surface area contributed by atoms with E-state index in [1.807, 2.05) is 24.3 Å². The van der Waals surface area contributed by atoms with E-state index in [1.165, 1.54) is 0 Å². The van der Waals surface area contributed by atoms with Crippen LogP contribution >= 0.6 is 24.8 Å². The molecule has 3 aromatic heterocycles. The number of halogens is 2. The molecule has 5 heterocycles. The zero-order chi connectivity index (χ0) is 22.6. The number of likely N-dealkylation sites (tertiary alicyclic amines) is 1. The summed E-state index contributed by atoms with van der Waals surface area (Å²) in [5.74, 6) is 2.01. The Morgan fingerprint density at radius 3 is 2.57 bits per heavy atom. The van der Waals surface area contributed by atoms with Gasteiger partial charge in [-0.1, -0.05) is 0 Å². The molecule has 0 unspecified atom stereocenters. The molecular formula is C24H31Cl2N5O4. The van der Waals surface area contributed by atoms with Crippen LogP contribution < -0.4 is 25.1 Å². The smallest absolute Gasteiger partial charge is 0.252 e.